The number of rotatable bonds is 4. The topological polar surface area (TPSA) is 59.6 Å². The van der Waals surface area contributed by atoms with Gasteiger partial charge in [-0.2, -0.15) is 0 Å². The Morgan fingerprint density at radius 3 is 2.42 bits per heavy atom. The van der Waals surface area contributed by atoms with Gasteiger partial charge in [-0.05, 0) is 71.6 Å². The molecule has 126 valence electrons. The molecule has 0 bridgehead atoms. The monoisotopic (exact) mass is 456 g/mol. The van der Waals surface area contributed by atoms with E-state index in [0.717, 1.165) is 9.13 Å². The Kier molecular flexibility index (Phi) is 6.38. The van der Waals surface area contributed by atoms with Crippen molar-refractivity contribution < 1.29 is 14.3 Å². The highest BCUT2D eigenvalue weighted by Crippen LogP contribution is 2.29. The van der Waals surface area contributed by atoms with E-state index in [9.17, 15) is 4.79 Å². The fraction of sp³-hybridized carbons (Fsp3) is 0.176. The smallest absolute Gasteiger partial charge is 0.257 e. The van der Waals surface area contributed by atoms with E-state index in [1.54, 1.807) is 38.5 Å². The highest BCUT2D eigenvalue weighted by atomic mass is 127. The molecule has 5 nitrogen and oxygen atoms in total. The number of carbonyl (C=O) groups excluding carboxylic acids is 1. The molecule has 2 rings (SSSR count). The molecule has 0 saturated carbocycles. The van der Waals surface area contributed by atoms with Crippen LogP contribution < -0.4 is 20.1 Å². The molecule has 2 aromatic rings. The van der Waals surface area contributed by atoms with Gasteiger partial charge in [0, 0.05) is 20.9 Å². The number of thiocarbonyl (C=S) groups is 1. The predicted octanol–water partition coefficient (Wildman–Crippen LogP) is 3.74. The minimum Gasteiger partial charge on any atom is -0.493 e. The number of anilines is 1. The fourth-order valence-corrected chi connectivity index (χ4v) is 2.71. The molecule has 0 spiro atoms. The molecule has 0 aliphatic rings. The molecule has 24 heavy (non-hydrogen) atoms. The number of nitrogens with one attached hydrogen (secondary N) is 2. The predicted molar refractivity (Wildman–Crippen MR) is 107 cm³/mol. The van der Waals surface area contributed by atoms with Crippen molar-refractivity contribution in [2.24, 2.45) is 0 Å². The van der Waals surface area contributed by atoms with Gasteiger partial charge in [-0.15, -0.1) is 0 Å². The first-order valence-electron chi connectivity index (χ1n) is 7.05. The standard InChI is InChI=1S/C17H17IN2O3S/c1-10-4-5-11(8-13(10)18)16(21)20-17(24)19-12-6-7-14(22-2)15(9-12)23-3/h4-9H,1-3H3,(H2,19,20,21,24). The van der Waals surface area contributed by atoms with Crippen LogP contribution in [0.2, 0.25) is 0 Å². The molecule has 0 radical (unpaired) electrons. The van der Waals surface area contributed by atoms with Gasteiger partial charge in [0.1, 0.15) is 0 Å². The van der Waals surface area contributed by atoms with Gasteiger partial charge in [-0.25, -0.2) is 0 Å². The van der Waals surface area contributed by atoms with E-state index in [1.165, 1.54) is 0 Å². The maximum absolute atomic E-state index is 12.2. The first-order chi connectivity index (χ1) is 11.4. The summed E-state index contributed by atoms with van der Waals surface area (Å²) in [6.07, 6.45) is 0. The summed E-state index contributed by atoms with van der Waals surface area (Å²) in [5, 5.41) is 5.83. The molecule has 0 saturated heterocycles. The number of methoxy groups -OCH3 is 2. The number of hydrogen-bond donors (Lipinski definition) is 2. The third kappa shape index (κ3) is 4.57. The maximum atomic E-state index is 12.2. The molecule has 0 aliphatic carbocycles. The quantitative estimate of drug-likeness (QED) is 0.543. The van der Waals surface area contributed by atoms with Crippen LogP contribution in [0.25, 0.3) is 0 Å². The van der Waals surface area contributed by atoms with Crippen molar-refractivity contribution in [3.05, 3.63) is 51.1 Å². The summed E-state index contributed by atoms with van der Waals surface area (Å²) < 4.78 is 11.4. The largest absolute Gasteiger partial charge is 0.493 e. The summed E-state index contributed by atoms with van der Waals surface area (Å²) in [6, 6.07) is 10.8. The lowest BCUT2D eigenvalue weighted by Crippen LogP contribution is -2.34. The van der Waals surface area contributed by atoms with Crippen molar-refractivity contribution in [1.29, 1.82) is 0 Å². The zero-order valence-electron chi connectivity index (χ0n) is 13.5. The van der Waals surface area contributed by atoms with Gasteiger partial charge >= 0.3 is 0 Å². The van der Waals surface area contributed by atoms with Crippen molar-refractivity contribution in [3.8, 4) is 11.5 Å². The first-order valence-corrected chi connectivity index (χ1v) is 8.54. The minimum atomic E-state index is -0.258. The van der Waals surface area contributed by atoms with Gasteiger partial charge < -0.3 is 14.8 Å². The number of ether oxygens (including phenoxy) is 2. The molecule has 0 atom stereocenters. The number of aryl methyl sites for hydroxylation is 1. The van der Waals surface area contributed by atoms with Gasteiger partial charge in [0.25, 0.3) is 5.91 Å². The Morgan fingerprint density at radius 2 is 1.79 bits per heavy atom. The Morgan fingerprint density at radius 1 is 1.08 bits per heavy atom. The average molecular weight is 456 g/mol. The second kappa shape index (κ2) is 8.29. The highest BCUT2D eigenvalue weighted by molar-refractivity contribution is 14.1. The van der Waals surface area contributed by atoms with Crippen LogP contribution in [0, 0.1) is 10.5 Å². The van der Waals surface area contributed by atoms with Crippen LogP contribution in [0.15, 0.2) is 36.4 Å². The molecule has 0 fully saturated rings. The molecule has 2 N–H and O–H groups in total. The van der Waals surface area contributed by atoms with Crippen molar-refractivity contribution in [2.75, 3.05) is 19.5 Å². The third-order valence-corrected chi connectivity index (χ3v) is 4.67. The lowest BCUT2D eigenvalue weighted by molar-refractivity contribution is 0.0977. The van der Waals surface area contributed by atoms with Crippen LogP contribution in [0.1, 0.15) is 15.9 Å². The molecule has 0 heterocycles. The zero-order valence-corrected chi connectivity index (χ0v) is 16.4. The maximum Gasteiger partial charge on any atom is 0.257 e. The Hall–Kier alpha value is -1.87. The molecule has 0 aliphatic heterocycles. The van der Waals surface area contributed by atoms with Gasteiger partial charge in [0.15, 0.2) is 16.6 Å². The van der Waals surface area contributed by atoms with Gasteiger partial charge in [-0.1, -0.05) is 6.07 Å². The molecular weight excluding hydrogens is 439 g/mol. The van der Waals surface area contributed by atoms with E-state index < -0.39 is 0 Å². The summed E-state index contributed by atoms with van der Waals surface area (Å²) >= 11 is 7.39. The number of carbonyl (C=O) groups is 1. The second-order valence-electron chi connectivity index (χ2n) is 4.94. The molecule has 0 unspecified atom stereocenters. The average Bonchev–Trinajstić information content (AvgIpc) is 2.56. The van der Waals surface area contributed by atoms with Crippen molar-refractivity contribution in [2.45, 2.75) is 6.92 Å². The van der Waals surface area contributed by atoms with E-state index in [1.807, 2.05) is 19.1 Å². The first kappa shape index (κ1) is 18.5. The van der Waals surface area contributed by atoms with E-state index >= 15 is 0 Å². The van der Waals surface area contributed by atoms with Crippen molar-refractivity contribution in [1.82, 2.24) is 5.32 Å². The van der Waals surface area contributed by atoms with Crippen LogP contribution in [0.3, 0.4) is 0 Å². The normalized spacial score (nSPS) is 10.0. The molecule has 1 amide bonds. The Balaban J connectivity index is 2.05. The summed E-state index contributed by atoms with van der Waals surface area (Å²) in [6.45, 7) is 1.99. The van der Waals surface area contributed by atoms with Crippen LogP contribution in [0.5, 0.6) is 11.5 Å². The highest BCUT2D eigenvalue weighted by Gasteiger charge is 2.10. The summed E-state index contributed by atoms with van der Waals surface area (Å²) in [5.74, 6) is 0.933. The van der Waals surface area contributed by atoms with E-state index in [2.05, 4.69) is 33.2 Å². The van der Waals surface area contributed by atoms with Crippen molar-refractivity contribution in [3.63, 3.8) is 0 Å². The molecule has 2 aromatic carbocycles. The summed E-state index contributed by atoms with van der Waals surface area (Å²) in [4.78, 5) is 12.2. The Labute approximate surface area is 159 Å². The summed E-state index contributed by atoms with van der Waals surface area (Å²) in [5.41, 5.74) is 2.37. The SMILES string of the molecule is COc1ccc(NC(=S)NC(=O)c2ccc(C)c(I)c2)cc1OC. The van der Waals surface area contributed by atoms with Crippen LogP contribution in [-0.4, -0.2) is 25.2 Å². The third-order valence-electron chi connectivity index (χ3n) is 3.30. The Bertz CT molecular complexity index is 780. The van der Waals surface area contributed by atoms with Crippen LogP contribution in [0.4, 0.5) is 5.69 Å². The molecular formula is C17H17IN2O3S. The van der Waals surface area contributed by atoms with E-state index in [0.29, 0.717) is 22.7 Å². The fourth-order valence-electron chi connectivity index (χ4n) is 1.99. The van der Waals surface area contributed by atoms with Gasteiger partial charge in [0.05, 0.1) is 14.2 Å². The number of hydrogen-bond acceptors (Lipinski definition) is 4. The number of halogens is 1. The zero-order chi connectivity index (χ0) is 17.7. The lowest BCUT2D eigenvalue weighted by Gasteiger charge is -2.13. The lowest BCUT2D eigenvalue weighted by atomic mass is 10.1. The molecule has 0 aromatic heterocycles. The second-order valence-corrected chi connectivity index (χ2v) is 6.51. The number of benzene rings is 2. The number of amides is 1. The molecule has 7 heteroatoms. The van der Waals surface area contributed by atoms with Gasteiger partial charge in [0.2, 0.25) is 0 Å². The minimum absolute atomic E-state index is 0.211. The van der Waals surface area contributed by atoms with Crippen LogP contribution >= 0.6 is 34.8 Å². The summed E-state index contributed by atoms with van der Waals surface area (Å²) in [7, 11) is 3.12. The van der Waals surface area contributed by atoms with Gasteiger partial charge in [-0.3, -0.25) is 10.1 Å². The van der Waals surface area contributed by atoms with E-state index in [4.69, 9.17) is 21.7 Å². The van der Waals surface area contributed by atoms with E-state index in [-0.39, 0.29) is 11.0 Å². The van der Waals surface area contributed by atoms with Crippen LogP contribution in [-0.2, 0) is 0 Å². The van der Waals surface area contributed by atoms with Crippen molar-refractivity contribution >= 4 is 51.5 Å².